The highest BCUT2D eigenvalue weighted by Gasteiger charge is 2.14. The molecule has 2 aromatic carbocycles. The van der Waals surface area contributed by atoms with E-state index in [4.69, 9.17) is 21.1 Å². The number of aryl methyl sites for hydroxylation is 2. The van der Waals surface area contributed by atoms with Crippen LogP contribution < -0.4 is 10.1 Å². The number of halogens is 1. The summed E-state index contributed by atoms with van der Waals surface area (Å²) in [5.41, 5.74) is 3.26. The second kappa shape index (κ2) is 8.08. The van der Waals surface area contributed by atoms with Crippen LogP contribution >= 0.6 is 11.6 Å². The maximum Gasteiger partial charge on any atom is 0.413 e. The molecule has 154 valence electrons. The Morgan fingerprint density at radius 1 is 1.13 bits per heavy atom. The third kappa shape index (κ3) is 3.95. The van der Waals surface area contributed by atoms with Crippen molar-refractivity contribution in [1.29, 1.82) is 0 Å². The summed E-state index contributed by atoms with van der Waals surface area (Å²) >= 11 is 6.02. The maximum absolute atomic E-state index is 12.3. The van der Waals surface area contributed by atoms with Crippen LogP contribution in [0, 0.1) is 0 Å². The van der Waals surface area contributed by atoms with Gasteiger partial charge in [0.25, 0.3) is 0 Å². The van der Waals surface area contributed by atoms with Crippen LogP contribution in [0.4, 0.5) is 10.6 Å². The van der Waals surface area contributed by atoms with Crippen molar-refractivity contribution in [2.24, 2.45) is 14.1 Å². The summed E-state index contributed by atoms with van der Waals surface area (Å²) in [5, 5.41) is 13.0. The zero-order valence-corrected chi connectivity index (χ0v) is 17.5. The van der Waals surface area contributed by atoms with E-state index in [-0.39, 0.29) is 6.61 Å². The zero-order chi connectivity index (χ0) is 21.3. The molecule has 0 saturated carbocycles. The second-order valence-electron chi connectivity index (χ2n) is 6.75. The Bertz CT molecular complexity index is 1230. The van der Waals surface area contributed by atoms with Gasteiger partial charge in [-0.05, 0) is 29.8 Å². The lowest BCUT2D eigenvalue weighted by atomic mass is 10.1. The van der Waals surface area contributed by atoms with Crippen LogP contribution in [0.25, 0.3) is 22.2 Å². The lowest BCUT2D eigenvalue weighted by Crippen LogP contribution is -2.15. The zero-order valence-electron chi connectivity index (χ0n) is 16.7. The molecule has 1 amide bonds. The number of amides is 1. The molecule has 30 heavy (non-hydrogen) atoms. The van der Waals surface area contributed by atoms with E-state index in [0.717, 1.165) is 22.0 Å². The van der Waals surface area contributed by atoms with Gasteiger partial charge in [0.05, 0.1) is 24.5 Å². The Kier molecular flexibility index (Phi) is 5.33. The predicted molar refractivity (Wildman–Crippen MR) is 115 cm³/mol. The summed E-state index contributed by atoms with van der Waals surface area (Å²) in [7, 11) is 5.17. The van der Waals surface area contributed by atoms with Crippen molar-refractivity contribution in [2.45, 2.75) is 6.61 Å². The van der Waals surface area contributed by atoms with Crippen molar-refractivity contribution < 1.29 is 14.3 Å². The number of carbonyl (C=O) groups is 1. The Hall–Kier alpha value is -3.52. The summed E-state index contributed by atoms with van der Waals surface area (Å²) in [6.45, 7) is 0.142. The van der Waals surface area contributed by atoms with Gasteiger partial charge >= 0.3 is 6.09 Å². The maximum atomic E-state index is 12.3. The van der Waals surface area contributed by atoms with E-state index in [1.54, 1.807) is 47.9 Å². The van der Waals surface area contributed by atoms with Crippen LogP contribution in [0.15, 0.2) is 48.7 Å². The van der Waals surface area contributed by atoms with Gasteiger partial charge in [-0.3, -0.25) is 14.7 Å². The van der Waals surface area contributed by atoms with Crippen molar-refractivity contribution in [3.8, 4) is 17.0 Å². The highest BCUT2D eigenvalue weighted by molar-refractivity contribution is 6.30. The van der Waals surface area contributed by atoms with Gasteiger partial charge in [-0.2, -0.15) is 10.2 Å². The van der Waals surface area contributed by atoms with E-state index in [1.807, 2.05) is 31.3 Å². The molecular weight excluding hydrogens is 406 g/mol. The molecule has 4 aromatic rings. The SMILES string of the molecule is COc1cc(Cl)ccc1-c1cc(NC(=O)OCc2ccc3cnn(C)c3c2)n(C)n1. The number of carbonyl (C=O) groups excluding carboxylic acids is 1. The molecule has 8 nitrogen and oxygen atoms in total. The van der Waals surface area contributed by atoms with Gasteiger partial charge in [0.15, 0.2) is 0 Å². The number of methoxy groups -OCH3 is 1. The van der Waals surface area contributed by atoms with Gasteiger partial charge in [0.1, 0.15) is 18.2 Å². The molecule has 0 bridgehead atoms. The lowest BCUT2D eigenvalue weighted by molar-refractivity contribution is 0.155. The topological polar surface area (TPSA) is 83.2 Å². The number of aromatic nitrogens is 4. The first kappa shape index (κ1) is 19.8. The quantitative estimate of drug-likeness (QED) is 0.513. The van der Waals surface area contributed by atoms with E-state index >= 15 is 0 Å². The number of nitrogens with one attached hydrogen (secondary N) is 1. The number of hydrogen-bond acceptors (Lipinski definition) is 5. The number of rotatable bonds is 5. The molecule has 0 unspecified atom stereocenters. The number of anilines is 1. The average Bonchev–Trinajstić information content (AvgIpc) is 3.28. The van der Waals surface area contributed by atoms with Crippen molar-refractivity contribution >= 4 is 34.4 Å². The van der Waals surface area contributed by atoms with Crippen LogP contribution in [0.2, 0.25) is 5.02 Å². The van der Waals surface area contributed by atoms with E-state index < -0.39 is 6.09 Å². The number of fused-ring (bicyclic) bond motifs is 1. The summed E-state index contributed by atoms with van der Waals surface area (Å²) < 4.78 is 14.1. The monoisotopic (exact) mass is 425 g/mol. The first-order chi connectivity index (χ1) is 14.4. The average molecular weight is 426 g/mol. The van der Waals surface area contributed by atoms with Gasteiger partial charge in [0.2, 0.25) is 0 Å². The first-order valence-electron chi connectivity index (χ1n) is 9.17. The fourth-order valence-corrected chi connectivity index (χ4v) is 3.32. The largest absolute Gasteiger partial charge is 0.496 e. The molecule has 9 heteroatoms. The lowest BCUT2D eigenvalue weighted by Gasteiger charge is -2.07. The molecular formula is C21H20ClN5O3. The fourth-order valence-electron chi connectivity index (χ4n) is 3.16. The normalized spacial score (nSPS) is 10.9. The minimum absolute atomic E-state index is 0.142. The highest BCUT2D eigenvalue weighted by atomic mass is 35.5. The molecule has 0 aliphatic heterocycles. The van der Waals surface area contributed by atoms with Crippen molar-refractivity contribution in [3.63, 3.8) is 0 Å². The van der Waals surface area contributed by atoms with Crippen LogP contribution in [0.1, 0.15) is 5.56 Å². The molecule has 0 atom stereocenters. The van der Waals surface area contributed by atoms with Crippen LogP contribution in [0.5, 0.6) is 5.75 Å². The molecule has 0 saturated heterocycles. The number of hydrogen-bond donors (Lipinski definition) is 1. The number of nitrogens with zero attached hydrogens (tertiary/aromatic N) is 4. The van der Waals surface area contributed by atoms with Crippen molar-refractivity contribution in [1.82, 2.24) is 19.6 Å². The smallest absolute Gasteiger partial charge is 0.413 e. The number of benzene rings is 2. The second-order valence-corrected chi connectivity index (χ2v) is 7.18. The van der Waals surface area contributed by atoms with Gasteiger partial charge in [-0.1, -0.05) is 23.7 Å². The summed E-state index contributed by atoms with van der Waals surface area (Å²) in [6, 6.07) is 12.8. The summed E-state index contributed by atoms with van der Waals surface area (Å²) in [5.74, 6) is 1.09. The minimum Gasteiger partial charge on any atom is -0.496 e. The molecule has 0 spiro atoms. The van der Waals surface area contributed by atoms with E-state index in [0.29, 0.717) is 22.3 Å². The molecule has 2 heterocycles. The Balaban J connectivity index is 1.45. The predicted octanol–water partition coefficient (Wildman–Crippen LogP) is 4.38. The summed E-state index contributed by atoms with van der Waals surface area (Å²) in [6.07, 6.45) is 1.22. The first-order valence-corrected chi connectivity index (χ1v) is 9.55. The van der Waals surface area contributed by atoms with Gasteiger partial charge in [-0.25, -0.2) is 4.79 Å². The molecule has 1 N–H and O–H groups in total. The Morgan fingerprint density at radius 2 is 1.97 bits per heavy atom. The van der Waals surface area contributed by atoms with Gasteiger partial charge in [-0.15, -0.1) is 0 Å². The Labute approximate surface area is 178 Å². The van der Waals surface area contributed by atoms with Crippen LogP contribution in [-0.2, 0) is 25.4 Å². The molecule has 0 aliphatic carbocycles. The third-order valence-electron chi connectivity index (χ3n) is 4.73. The van der Waals surface area contributed by atoms with Crippen LogP contribution in [0.3, 0.4) is 0 Å². The van der Waals surface area contributed by atoms with E-state index in [2.05, 4.69) is 15.5 Å². The molecule has 2 aromatic heterocycles. The van der Waals surface area contributed by atoms with Crippen LogP contribution in [-0.4, -0.2) is 32.8 Å². The molecule has 0 aliphatic rings. The Morgan fingerprint density at radius 3 is 2.77 bits per heavy atom. The third-order valence-corrected chi connectivity index (χ3v) is 4.97. The summed E-state index contributed by atoms with van der Waals surface area (Å²) in [4.78, 5) is 12.3. The fraction of sp³-hybridized carbons (Fsp3) is 0.190. The van der Waals surface area contributed by atoms with Gasteiger partial charge < -0.3 is 9.47 Å². The molecule has 0 fully saturated rings. The van der Waals surface area contributed by atoms with Gasteiger partial charge in [0, 0.05) is 36.1 Å². The van der Waals surface area contributed by atoms with E-state index in [9.17, 15) is 4.79 Å². The molecule has 0 radical (unpaired) electrons. The van der Waals surface area contributed by atoms with E-state index in [1.165, 1.54) is 0 Å². The minimum atomic E-state index is -0.572. The molecule has 4 rings (SSSR count). The van der Waals surface area contributed by atoms with Crippen molar-refractivity contribution in [2.75, 3.05) is 12.4 Å². The number of ether oxygens (including phenoxy) is 2. The highest BCUT2D eigenvalue weighted by Crippen LogP contribution is 2.32. The van der Waals surface area contributed by atoms with Crippen molar-refractivity contribution in [3.05, 3.63) is 59.2 Å². The standard InChI is InChI=1S/C21H20ClN5O3/c1-26-18-8-13(4-5-14(18)11-23-26)12-30-21(28)24-20-10-17(25-27(20)2)16-7-6-15(22)9-19(16)29-3/h4-11H,12H2,1-3H3,(H,24,28).